The van der Waals surface area contributed by atoms with Crippen LogP contribution in [0.2, 0.25) is 0 Å². The van der Waals surface area contributed by atoms with Gasteiger partial charge < -0.3 is 24.8 Å². The summed E-state index contributed by atoms with van der Waals surface area (Å²) in [4.78, 5) is 18.5. The Morgan fingerprint density at radius 2 is 1.84 bits per heavy atom. The largest absolute Gasteiger partial charge is 0.495 e. The molecule has 0 bridgehead atoms. The standard InChI is InChI=1S/C27H33N5O4S/c1-6-15-37-27-30-26-28-17(4)23(25(33)29-19-11-9-10-12-20(19)34-5)24(32(26)31-27)18-13-14-21(35-7-2)22(16-18)36-8-3/h9-14,16,24H,6-8,15H2,1-5H3,(H,29,33)(H,28,30,31). The van der Waals surface area contributed by atoms with Gasteiger partial charge in [0.1, 0.15) is 11.8 Å². The van der Waals surface area contributed by atoms with Crippen molar-refractivity contribution in [2.45, 2.75) is 45.3 Å². The molecule has 1 aromatic heterocycles. The predicted molar refractivity (Wildman–Crippen MR) is 146 cm³/mol. The first-order valence-corrected chi connectivity index (χ1v) is 13.4. The Kier molecular flexibility index (Phi) is 8.60. The fourth-order valence-corrected chi connectivity index (χ4v) is 4.85. The summed E-state index contributed by atoms with van der Waals surface area (Å²) in [6, 6.07) is 12.5. The number of ether oxygens (including phenoxy) is 3. The van der Waals surface area contributed by atoms with Gasteiger partial charge in [-0.1, -0.05) is 36.9 Å². The molecule has 0 saturated heterocycles. The lowest BCUT2D eigenvalue weighted by atomic mass is 9.94. The molecule has 0 radical (unpaired) electrons. The third kappa shape index (κ3) is 5.69. The number of para-hydroxylation sites is 2. The number of fused-ring (bicyclic) bond motifs is 1. The highest BCUT2D eigenvalue weighted by molar-refractivity contribution is 7.99. The van der Waals surface area contributed by atoms with Crippen molar-refractivity contribution in [3.05, 3.63) is 59.3 Å². The van der Waals surface area contributed by atoms with Crippen LogP contribution in [-0.4, -0.2) is 46.7 Å². The Labute approximate surface area is 221 Å². The van der Waals surface area contributed by atoms with Crippen molar-refractivity contribution < 1.29 is 19.0 Å². The Bertz CT molecular complexity index is 1290. The normalized spacial score (nSPS) is 14.6. The monoisotopic (exact) mass is 523 g/mol. The summed E-state index contributed by atoms with van der Waals surface area (Å²) >= 11 is 1.59. The topological polar surface area (TPSA) is 99.5 Å². The lowest BCUT2D eigenvalue weighted by molar-refractivity contribution is -0.113. The van der Waals surface area contributed by atoms with Crippen LogP contribution in [0, 0.1) is 0 Å². The Hall–Kier alpha value is -3.66. The van der Waals surface area contributed by atoms with Crippen molar-refractivity contribution in [2.75, 3.05) is 36.7 Å². The zero-order chi connectivity index (χ0) is 26.4. The van der Waals surface area contributed by atoms with E-state index in [2.05, 4.69) is 22.5 Å². The first kappa shape index (κ1) is 26.4. The van der Waals surface area contributed by atoms with Gasteiger partial charge in [0.15, 0.2) is 11.5 Å². The summed E-state index contributed by atoms with van der Waals surface area (Å²) in [6.45, 7) is 8.85. The van der Waals surface area contributed by atoms with Gasteiger partial charge in [0.25, 0.3) is 5.91 Å². The maximum absolute atomic E-state index is 13.8. The molecule has 3 aromatic rings. The molecule has 9 nitrogen and oxygen atoms in total. The molecule has 1 aliphatic heterocycles. The molecule has 2 N–H and O–H groups in total. The van der Waals surface area contributed by atoms with Gasteiger partial charge in [-0.25, -0.2) is 4.68 Å². The zero-order valence-corrected chi connectivity index (χ0v) is 22.6. The van der Waals surface area contributed by atoms with Crippen LogP contribution in [0.1, 0.15) is 45.7 Å². The number of hydrogen-bond donors (Lipinski definition) is 2. The molecule has 1 aliphatic rings. The number of hydrogen-bond acceptors (Lipinski definition) is 8. The summed E-state index contributed by atoms with van der Waals surface area (Å²) in [5.41, 5.74) is 2.62. The first-order chi connectivity index (χ1) is 18.0. The van der Waals surface area contributed by atoms with E-state index in [1.165, 1.54) is 0 Å². The zero-order valence-electron chi connectivity index (χ0n) is 21.8. The van der Waals surface area contributed by atoms with Crippen LogP contribution in [0.4, 0.5) is 11.6 Å². The van der Waals surface area contributed by atoms with E-state index in [0.29, 0.717) is 58.5 Å². The van der Waals surface area contributed by atoms with E-state index < -0.39 is 6.04 Å². The number of nitrogens with zero attached hydrogens (tertiary/aromatic N) is 3. The third-order valence-electron chi connectivity index (χ3n) is 5.75. The molecule has 0 saturated carbocycles. The molecule has 2 heterocycles. The summed E-state index contributed by atoms with van der Waals surface area (Å²) in [7, 11) is 1.58. The highest BCUT2D eigenvalue weighted by atomic mass is 32.2. The highest BCUT2D eigenvalue weighted by Gasteiger charge is 2.35. The molecule has 1 unspecified atom stereocenters. The van der Waals surface area contributed by atoms with Crippen LogP contribution >= 0.6 is 11.8 Å². The lowest BCUT2D eigenvalue weighted by Crippen LogP contribution is -2.31. The Morgan fingerprint density at radius 3 is 2.57 bits per heavy atom. The van der Waals surface area contributed by atoms with Crippen LogP contribution in [0.3, 0.4) is 0 Å². The SMILES string of the molecule is CCCSc1nc2n(n1)C(c1ccc(OCC)c(OCC)c1)C(C(=O)Nc1ccccc1OC)=C(C)N2. The number of carbonyl (C=O) groups excluding carboxylic acids is 1. The first-order valence-electron chi connectivity index (χ1n) is 12.4. The quantitative estimate of drug-likeness (QED) is 0.317. The van der Waals surface area contributed by atoms with Gasteiger partial charge in [-0.2, -0.15) is 4.98 Å². The van der Waals surface area contributed by atoms with Crippen LogP contribution < -0.4 is 24.8 Å². The van der Waals surface area contributed by atoms with E-state index in [0.717, 1.165) is 17.7 Å². The van der Waals surface area contributed by atoms with Crippen molar-refractivity contribution in [2.24, 2.45) is 0 Å². The summed E-state index contributed by atoms with van der Waals surface area (Å²) in [5.74, 6) is 3.07. The summed E-state index contributed by atoms with van der Waals surface area (Å²) in [5, 5.41) is 11.7. The highest BCUT2D eigenvalue weighted by Crippen LogP contribution is 2.40. The fourth-order valence-electron chi connectivity index (χ4n) is 4.16. The molecule has 4 rings (SSSR count). The minimum absolute atomic E-state index is 0.268. The van der Waals surface area contributed by atoms with Gasteiger partial charge in [0.2, 0.25) is 11.1 Å². The van der Waals surface area contributed by atoms with Crippen molar-refractivity contribution in [3.8, 4) is 17.2 Å². The number of anilines is 2. The van der Waals surface area contributed by atoms with Gasteiger partial charge in [-0.3, -0.25) is 4.79 Å². The van der Waals surface area contributed by atoms with E-state index >= 15 is 0 Å². The molecular weight excluding hydrogens is 490 g/mol. The smallest absolute Gasteiger partial charge is 0.255 e. The van der Waals surface area contributed by atoms with E-state index in [-0.39, 0.29) is 5.91 Å². The number of methoxy groups -OCH3 is 1. The van der Waals surface area contributed by atoms with E-state index in [1.807, 2.05) is 57.2 Å². The van der Waals surface area contributed by atoms with Gasteiger partial charge in [-0.15, -0.1) is 5.10 Å². The van der Waals surface area contributed by atoms with Gasteiger partial charge >= 0.3 is 0 Å². The molecule has 196 valence electrons. The molecule has 2 aromatic carbocycles. The fraction of sp³-hybridized carbons (Fsp3) is 0.370. The number of amides is 1. The van der Waals surface area contributed by atoms with Crippen LogP contribution in [0.25, 0.3) is 0 Å². The van der Waals surface area contributed by atoms with E-state index in [4.69, 9.17) is 19.3 Å². The van der Waals surface area contributed by atoms with E-state index in [1.54, 1.807) is 29.6 Å². The maximum Gasteiger partial charge on any atom is 0.255 e. The van der Waals surface area contributed by atoms with Crippen molar-refractivity contribution in [1.29, 1.82) is 0 Å². The number of carbonyl (C=O) groups is 1. The number of benzene rings is 2. The lowest BCUT2D eigenvalue weighted by Gasteiger charge is -2.29. The molecule has 37 heavy (non-hydrogen) atoms. The maximum atomic E-state index is 13.8. The number of aromatic nitrogens is 3. The Balaban J connectivity index is 1.80. The van der Waals surface area contributed by atoms with Gasteiger partial charge in [0.05, 0.1) is 31.6 Å². The number of thioether (sulfide) groups is 1. The van der Waals surface area contributed by atoms with Crippen LogP contribution in [0.5, 0.6) is 17.2 Å². The minimum atomic E-state index is -0.538. The van der Waals surface area contributed by atoms with E-state index in [9.17, 15) is 4.79 Å². The van der Waals surface area contributed by atoms with Crippen molar-refractivity contribution >= 4 is 29.3 Å². The number of allylic oxidation sites excluding steroid dienone is 1. The van der Waals surface area contributed by atoms with Crippen LogP contribution in [0.15, 0.2) is 58.9 Å². The predicted octanol–water partition coefficient (Wildman–Crippen LogP) is 5.51. The van der Waals surface area contributed by atoms with Gasteiger partial charge in [-0.05, 0) is 57.0 Å². The molecule has 0 aliphatic carbocycles. The summed E-state index contributed by atoms with van der Waals surface area (Å²) in [6.07, 6.45) is 1.01. The third-order valence-corrected chi connectivity index (χ3v) is 6.79. The van der Waals surface area contributed by atoms with Crippen LogP contribution in [-0.2, 0) is 4.79 Å². The van der Waals surface area contributed by atoms with Gasteiger partial charge in [0, 0.05) is 11.4 Å². The summed E-state index contributed by atoms with van der Waals surface area (Å²) < 4.78 is 18.9. The molecule has 1 amide bonds. The minimum Gasteiger partial charge on any atom is -0.495 e. The van der Waals surface area contributed by atoms with Crippen molar-refractivity contribution in [3.63, 3.8) is 0 Å². The second-order valence-corrected chi connectivity index (χ2v) is 9.37. The van der Waals surface area contributed by atoms with Crippen molar-refractivity contribution in [1.82, 2.24) is 14.8 Å². The molecular formula is C27H33N5O4S. The second-order valence-electron chi connectivity index (χ2n) is 8.30. The number of rotatable bonds is 11. The second kappa shape index (κ2) is 12.1. The average Bonchev–Trinajstić information content (AvgIpc) is 3.30. The number of nitrogens with one attached hydrogen (secondary N) is 2. The molecule has 0 fully saturated rings. The molecule has 1 atom stereocenters. The average molecular weight is 524 g/mol. The molecule has 0 spiro atoms. The molecule has 10 heteroatoms. The Morgan fingerprint density at radius 1 is 1.08 bits per heavy atom.